The Kier molecular flexibility index (Phi) is 2.86. The number of hydrogen-bond donors (Lipinski definition) is 1. The Balaban J connectivity index is 2.69. The molecule has 88 valence electrons. The van der Waals surface area contributed by atoms with Crippen LogP contribution in [0.3, 0.4) is 0 Å². The second-order valence-corrected chi connectivity index (χ2v) is 3.39. The Morgan fingerprint density at radius 1 is 1.47 bits per heavy atom. The fourth-order valence-electron chi connectivity index (χ4n) is 1.60. The monoisotopic (exact) mass is 235 g/mol. The molecular formula is C11H10FN3O2. The van der Waals surface area contributed by atoms with Gasteiger partial charge in [0, 0.05) is 12.1 Å². The summed E-state index contributed by atoms with van der Waals surface area (Å²) in [6, 6.07) is 5.96. The lowest BCUT2D eigenvalue weighted by Crippen LogP contribution is -2.04. The van der Waals surface area contributed by atoms with Crippen molar-refractivity contribution in [3.8, 4) is 11.3 Å². The first-order chi connectivity index (χ1) is 8.15. The Hall–Kier alpha value is -2.24. The third kappa shape index (κ3) is 1.89. The number of carboxylic acids is 1. The van der Waals surface area contributed by atoms with Crippen LogP contribution in [0.25, 0.3) is 11.3 Å². The summed E-state index contributed by atoms with van der Waals surface area (Å²) in [5.41, 5.74) is 0.145. The van der Waals surface area contributed by atoms with Gasteiger partial charge in [0.05, 0.1) is 0 Å². The maximum Gasteiger partial charge on any atom is 0.358 e. The Morgan fingerprint density at radius 2 is 2.18 bits per heavy atom. The molecule has 0 saturated heterocycles. The molecule has 0 fully saturated rings. The number of rotatable bonds is 3. The lowest BCUT2D eigenvalue weighted by atomic mass is 10.1. The molecule has 1 N–H and O–H groups in total. The summed E-state index contributed by atoms with van der Waals surface area (Å²) in [7, 11) is 0. The molecule has 0 amide bonds. The summed E-state index contributed by atoms with van der Waals surface area (Å²) in [5.74, 6) is -1.71. The minimum atomic E-state index is -1.22. The van der Waals surface area contributed by atoms with Crippen molar-refractivity contribution in [2.75, 3.05) is 0 Å². The van der Waals surface area contributed by atoms with Gasteiger partial charge in [-0.1, -0.05) is 17.3 Å². The van der Waals surface area contributed by atoms with Crippen molar-refractivity contribution in [1.29, 1.82) is 0 Å². The van der Waals surface area contributed by atoms with Crippen LogP contribution in [0.4, 0.5) is 4.39 Å². The predicted octanol–water partition coefficient (Wildman–Crippen LogP) is 1.80. The van der Waals surface area contributed by atoms with Crippen molar-refractivity contribution in [3.63, 3.8) is 0 Å². The van der Waals surface area contributed by atoms with Crippen LogP contribution in [-0.4, -0.2) is 26.1 Å². The summed E-state index contributed by atoms with van der Waals surface area (Å²) in [5, 5.41) is 16.2. The molecule has 1 aromatic carbocycles. The van der Waals surface area contributed by atoms with Gasteiger partial charge >= 0.3 is 5.97 Å². The van der Waals surface area contributed by atoms with E-state index in [0.29, 0.717) is 6.54 Å². The first kappa shape index (κ1) is 11.3. The van der Waals surface area contributed by atoms with E-state index in [9.17, 15) is 9.18 Å². The third-order valence-electron chi connectivity index (χ3n) is 2.37. The molecule has 1 heterocycles. The SMILES string of the molecule is CCn1nnc(C(=O)O)c1-c1ccccc1F. The molecule has 0 atom stereocenters. The molecule has 0 aliphatic heterocycles. The molecule has 6 heteroatoms. The van der Waals surface area contributed by atoms with Gasteiger partial charge in [-0.25, -0.2) is 13.9 Å². The molecule has 2 rings (SSSR count). The van der Waals surface area contributed by atoms with Gasteiger partial charge in [0.2, 0.25) is 0 Å². The zero-order valence-corrected chi connectivity index (χ0v) is 9.09. The van der Waals surface area contributed by atoms with Crippen LogP contribution in [0.2, 0.25) is 0 Å². The highest BCUT2D eigenvalue weighted by Crippen LogP contribution is 2.24. The fourth-order valence-corrected chi connectivity index (χ4v) is 1.60. The van der Waals surface area contributed by atoms with Crippen molar-refractivity contribution in [2.24, 2.45) is 0 Å². The number of carboxylic acid groups (broad SMARTS) is 1. The first-order valence-electron chi connectivity index (χ1n) is 5.06. The number of aromatic nitrogens is 3. The summed E-state index contributed by atoms with van der Waals surface area (Å²) in [4.78, 5) is 11.0. The van der Waals surface area contributed by atoms with Crippen LogP contribution in [-0.2, 0) is 6.54 Å². The van der Waals surface area contributed by atoms with Gasteiger partial charge in [0.25, 0.3) is 0 Å². The smallest absolute Gasteiger partial charge is 0.358 e. The van der Waals surface area contributed by atoms with E-state index in [0.717, 1.165) is 0 Å². The normalized spacial score (nSPS) is 10.5. The number of aryl methyl sites for hydroxylation is 1. The van der Waals surface area contributed by atoms with E-state index in [4.69, 9.17) is 5.11 Å². The second kappa shape index (κ2) is 4.32. The number of benzene rings is 1. The van der Waals surface area contributed by atoms with E-state index in [-0.39, 0.29) is 17.0 Å². The molecule has 5 nitrogen and oxygen atoms in total. The van der Waals surface area contributed by atoms with E-state index in [1.807, 2.05) is 0 Å². The number of nitrogens with zero attached hydrogens (tertiary/aromatic N) is 3. The second-order valence-electron chi connectivity index (χ2n) is 3.39. The number of hydrogen-bond acceptors (Lipinski definition) is 3. The molecule has 0 bridgehead atoms. The van der Waals surface area contributed by atoms with Gasteiger partial charge in [-0.15, -0.1) is 5.10 Å². The highest BCUT2D eigenvalue weighted by atomic mass is 19.1. The van der Waals surface area contributed by atoms with Gasteiger partial charge in [-0.2, -0.15) is 0 Å². The van der Waals surface area contributed by atoms with Crippen molar-refractivity contribution in [2.45, 2.75) is 13.5 Å². The van der Waals surface area contributed by atoms with Crippen LogP contribution in [0, 0.1) is 5.82 Å². The average Bonchev–Trinajstić information content (AvgIpc) is 2.73. The highest BCUT2D eigenvalue weighted by Gasteiger charge is 2.21. The van der Waals surface area contributed by atoms with Gasteiger partial charge in [0.15, 0.2) is 5.69 Å². The average molecular weight is 235 g/mol. The molecule has 17 heavy (non-hydrogen) atoms. The Morgan fingerprint density at radius 3 is 2.76 bits per heavy atom. The first-order valence-corrected chi connectivity index (χ1v) is 5.06. The van der Waals surface area contributed by atoms with E-state index in [2.05, 4.69) is 10.3 Å². The van der Waals surface area contributed by atoms with E-state index in [1.165, 1.54) is 16.8 Å². The molecule has 0 aliphatic rings. The summed E-state index contributed by atoms with van der Waals surface area (Å²) in [6.07, 6.45) is 0. The van der Waals surface area contributed by atoms with Gasteiger partial charge in [-0.3, -0.25) is 0 Å². The zero-order chi connectivity index (χ0) is 12.4. The van der Waals surface area contributed by atoms with Crippen molar-refractivity contribution >= 4 is 5.97 Å². The van der Waals surface area contributed by atoms with Crippen LogP contribution in [0.15, 0.2) is 24.3 Å². The molecule has 0 spiro atoms. The largest absolute Gasteiger partial charge is 0.476 e. The molecule has 0 aliphatic carbocycles. The van der Waals surface area contributed by atoms with Crippen LogP contribution in [0.1, 0.15) is 17.4 Å². The molecule has 0 unspecified atom stereocenters. The quantitative estimate of drug-likeness (QED) is 0.880. The van der Waals surface area contributed by atoms with Crippen LogP contribution < -0.4 is 0 Å². The predicted molar refractivity (Wildman–Crippen MR) is 58.0 cm³/mol. The minimum absolute atomic E-state index is 0.191. The molecule has 2 aromatic rings. The lowest BCUT2D eigenvalue weighted by Gasteiger charge is -2.05. The molecule has 0 radical (unpaired) electrons. The summed E-state index contributed by atoms with van der Waals surface area (Å²) >= 11 is 0. The number of carbonyl (C=O) groups is 1. The van der Waals surface area contributed by atoms with Crippen molar-refractivity contribution < 1.29 is 14.3 Å². The number of halogens is 1. The summed E-state index contributed by atoms with van der Waals surface area (Å²) in [6.45, 7) is 2.20. The van der Waals surface area contributed by atoms with Crippen LogP contribution >= 0.6 is 0 Å². The highest BCUT2D eigenvalue weighted by molar-refractivity contribution is 5.92. The standard InChI is InChI=1S/C11H10FN3O2/c1-2-15-10(9(11(16)17)13-14-15)7-5-3-4-6-8(7)12/h3-6H,2H2,1H3,(H,16,17). The number of aromatic carboxylic acids is 1. The maximum absolute atomic E-state index is 13.7. The third-order valence-corrected chi connectivity index (χ3v) is 2.37. The van der Waals surface area contributed by atoms with E-state index < -0.39 is 11.8 Å². The molecule has 1 aromatic heterocycles. The van der Waals surface area contributed by atoms with Crippen LogP contribution in [0.5, 0.6) is 0 Å². The zero-order valence-electron chi connectivity index (χ0n) is 9.09. The maximum atomic E-state index is 13.7. The topological polar surface area (TPSA) is 68.0 Å². The van der Waals surface area contributed by atoms with Gasteiger partial charge in [-0.05, 0) is 19.1 Å². The van der Waals surface area contributed by atoms with Gasteiger partial charge < -0.3 is 5.11 Å². The van der Waals surface area contributed by atoms with Gasteiger partial charge in [0.1, 0.15) is 11.5 Å². The van der Waals surface area contributed by atoms with E-state index in [1.54, 1.807) is 19.1 Å². The Labute approximate surface area is 96.5 Å². The minimum Gasteiger partial charge on any atom is -0.476 e. The Bertz CT molecular complexity index is 566. The van der Waals surface area contributed by atoms with Crippen molar-refractivity contribution in [1.82, 2.24) is 15.0 Å². The lowest BCUT2D eigenvalue weighted by molar-refractivity contribution is 0.0691. The fraction of sp³-hybridized carbons (Fsp3) is 0.182. The van der Waals surface area contributed by atoms with E-state index >= 15 is 0 Å². The van der Waals surface area contributed by atoms with Crippen molar-refractivity contribution in [3.05, 3.63) is 35.8 Å². The summed E-state index contributed by atoms with van der Waals surface area (Å²) < 4.78 is 15.0. The molecule has 0 saturated carbocycles. The molecular weight excluding hydrogens is 225 g/mol.